The van der Waals surface area contributed by atoms with Gasteiger partial charge in [-0.2, -0.15) is 5.26 Å². The van der Waals surface area contributed by atoms with Gasteiger partial charge in [-0.25, -0.2) is 9.78 Å². The Labute approximate surface area is 222 Å². The van der Waals surface area contributed by atoms with Gasteiger partial charge >= 0.3 is 6.09 Å². The smallest absolute Gasteiger partial charge is 0.411 e. The van der Waals surface area contributed by atoms with Crippen molar-refractivity contribution in [2.75, 3.05) is 37.8 Å². The molecule has 3 aliphatic rings. The van der Waals surface area contributed by atoms with E-state index in [4.69, 9.17) is 9.72 Å². The lowest BCUT2D eigenvalue weighted by molar-refractivity contribution is -0.134. The Balaban J connectivity index is 1.28. The fourth-order valence-corrected chi connectivity index (χ4v) is 6.76. The third kappa shape index (κ3) is 5.30. The first-order chi connectivity index (χ1) is 17.6. The van der Waals surface area contributed by atoms with Crippen LogP contribution in [0.1, 0.15) is 57.3 Å². The molecular weight excluding hydrogens is 488 g/mol. The zero-order valence-corrected chi connectivity index (χ0v) is 23.0. The van der Waals surface area contributed by atoms with E-state index in [0.29, 0.717) is 30.3 Å². The van der Waals surface area contributed by atoms with Crippen LogP contribution in [0.15, 0.2) is 18.2 Å². The lowest BCUT2D eigenvalue weighted by atomic mass is 9.94. The number of benzene rings is 1. The van der Waals surface area contributed by atoms with E-state index in [1.54, 1.807) is 16.7 Å². The number of carbonyl (C=O) groups is 2. The van der Waals surface area contributed by atoms with Crippen molar-refractivity contribution in [3.05, 3.63) is 29.6 Å². The molecule has 198 valence electrons. The van der Waals surface area contributed by atoms with E-state index < -0.39 is 17.7 Å². The number of hydrogen-bond donors (Lipinski definition) is 0. The van der Waals surface area contributed by atoms with Crippen LogP contribution in [0, 0.1) is 11.3 Å². The molecule has 37 heavy (non-hydrogen) atoms. The second-order valence-corrected chi connectivity index (χ2v) is 12.4. The number of piperidine rings is 1. The highest BCUT2D eigenvalue weighted by Gasteiger charge is 2.45. The summed E-state index contributed by atoms with van der Waals surface area (Å²) < 4.78 is 7.85. The Morgan fingerprint density at radius 2 is 1.95 bits per heavy atom. The number of aromatic nitrogens is 2. The molecule has 1 aromatic heterocycles. The quantitative estimate of drug-likeness (QED) is 0.606. The number of fused-ring (bicyclic) bond motifs is 1. The molecule has 10 heteroatoms. The van der Waals surface area contributed by atoms with Crippen LogP contribution in [-0.4, -0.2) is 91.7 Å². The van der Waals surface area contributed by atoms with Crippen LogP contribution in [0.4, 0.5) is 4.79 Å². The molecule has 0 N–H and O–H groups in total. The summed E-state index contributed by atoms with van der Waals surface area (Å²) in [5.41, 5.74) is 1.93. The molecule has 0 aliphatic carbocycles. The third-order valence-electron chi connectivity index (χ3n) is 7.71. The summed E-state index contributed by atoms with van der Waals surface area (Å²) in [5, 5.41) is 9.23. The molecule has 9 nitrogen and oxygen atoms in total. The predicted molar refractivity (Wildman–Crippen MR) is 143 cm³/mol. The number of aryl methyl sites for hydroxylation is 1. The van der Waals surface area contributed by atoms with Crippen LogP contribution in [0.2, 0.25) is 0 Å². The van der Waals surface area contributed by atoms with E-state index >= 15 is 0 Å². The Morgan fingerprint density at radius 3 is 2.59 bits per heavy atom. The maximum atomic E-state index is 13.4. The zero-order valence-electron chi connectivity index (χ0n) is 22.1. The number of hydrogen-bond acceptors (Lipinski definition) is 7. The number of nitrogens with zero attached hydrogens (tertiary/aromatic N) is 6. The van der Waals surface area contributed by atoms with Gasteiger partial charge in [0.1, 0.15) is 17.5 Å². The molecule has 3 fully saturated rings. The number of thioether (sulfide) groups is 1. The fourth-order valence-electron chi connectivity index (χ4n) is 5.81. The summed E-state index contributed by atoms with van der Waals surface area (Å²) in [6.07, 6.45) is 2.18. The Hall–Kier alpha value is -2.77. The predicted octanol–water partition coefficient (Wildman–Crippen LogP) is 3.54. The average molecular weight is 525 g/mol. The van der Waals surface area contributed by atoms with Gasteiger partial charge in [-0.1, -0.05) is 0 Å². The zero-order chi connectivity index (χ0) is 26.3. The highest BCUT2D eigenvalue weighted by Crippen LogP contribution is 2.34. The Bertz CT molecular complexity index is 1220. The van der Waals surface area contributed by atoms with E-state index in [2.05, 4.69) is 15.5 Å². The molecule has 4 heterocycles. The third-order valence-corrected chi connectivity index (χ3v) is 8.68. The second-order valence-electron chi connectivity index (χ2n) is 11.3. The van der Waals surface area contributed by atoms with Crippen LogP contribution in [0.3, 0.4) is 0 Å². The number of likely N-dealkylation sites (tertiary alicyclic amines) is 2. The number of imidazole rings is 1. The maximum Gasteiger partial charge on any atom is 0.411 e. The first-order valence-electron chi connectivity index (χ1n) is 13.1. The summed E-state index contributed by atoms with van der Waals surface area (Å²) in [5.74, 6) is 3.08. The Morgan fingerprint density at radius 1 is 1.19 bits per heavy atom. The van der Waals surface area contributed by atoms with E-state index in [1.165, 1.54) is 0 Å². The van der Waals surface area contributed by atoms with Gasteiger partial charge in [0, 0.05) is 37.8 Å². The van der Waals surface area contributed by atoms with E-state index in [1.807, 2.05) is 50.9 Å². The largest absolute Gasteiger partial charge is 0.444 e. The van der Waals surface area contributed by atoms with E-state index in [0.717, 1.165) is 55.1 Å². The van der Waals surface area contributed by atoms with Crippen LogP contribution >= 0.6 is 11.8 Å². The van der Waals surface area contributed by atoms with Gasteiger partial charge in [0.05, 0.1) is 28.5 Å². The topological polar surface area (TPSA) is 94.7 Å². The standard InChI is InChI=1S/C27H36N6O3S/c1-27(2,3)36-26(35)33-16-20(14-23(33)25(34)32-11-12-37-17-32)31-9-7-19(8-10-31)24-29-21-13-18(15-28)5-6-22(21)30(24)4/h5-6,13,19-20,23H,7-12,14,16-17H2,1-4H3/t20-,23-/m0/s1. The summed E-state index contributed by atoms with van der Waals surface area (Å²) in [7, 11) is 2.05. The van der Waals surface area contributed by atoms with Gasteiger partial charge in [0.15, 0.2) is 0 Å². The number of ether oxygens (including phenoxy) is 1. The van der Waals surface area contributed by atoms with Crippen LogP contribution < -0.4 is 0 Å². The molecule has 3 saturated heterocycles. The minimum absolute atomic E-state index is 0.0460. The summed E-state index contributed by atoms with van der Waals surface area (Å²) in [4.78, 5) is 37.4. The van der Waals surface area contributed by atoms with E-state index in [-0.39, 0.29) is 11.9 Å². The molecule has 2 atom stereocenters. The van der Waals surface area contributed by atoms with E-state index in [9.17, 15) is 14.9 Å². The number of carbonyl (C=O) groups excluding carboxylic acids is 2. The van der Waals surface area contributed by atoms with Gasteiger partial charge < -0.3 is 14.2 Å². The molecular formula is C27H36N6O3S. The molecule has 0 saturated carbocycles. The van der Waals surface area contributed by atoms with Crippen molar-refractivity contribution in [3.8, 4) is 6.07 Å². The first-order valence-corrected chi connectivity index (χ1v) is 14.3. The second kappa shape index (κ2) is 10.2. The van der Waals surface area contributed by atoms with Gasteiger partial charge in [0.2, 0.25) is 5.91 Å². The van der Waals surface area contributed by atoms with Crippen molar-refractivity contribution < 1.29 is 14.3 Å². The minimum atomic E-state index is -0.607. The normalized spacial score (nSPS) is 23.5. The fraction of sp³-hybridized carbons (Fsp3) is 0.630. The van der Waals surface area contributed by atoms with Crippen molar-refractivity contribution in [2.24, 2.45) is 7.05 Å². The summed E-state index contributed by atoms with van der Waals surface area (Å²) >= 11 is 1.76. The van der Waals surface area contributed by atoms with Crippen molar-refractivity contribution >= 4 is 34.8 Å². The number of amides is 2. The van der Waals surface area contributed by atoms with Crippen LogP contribution in [0.5, 0.6) is 0 Å². The van der Waals surface area contributed by atoms with Gasteiger partial charge in [-0.3, -0.25) is 14.6 Å². The molecule has 5 rings (SSSR count). The Kier molecular flexibility index (Phi) is 7.12. The van der Waals surface area contributed by atoms with Crippen molar-refractivity contribution in [2.45, 2.75) is 63.6 Å². The number of rotatable bonds is 3. The molecule has 2 aromatic rings. The van der Waals surface area contributed by atoms with Gasteiger partial charge in [-0.05, 0) is 71.3 Å². The van der Waals surface area contributed by atoms with Gasteiger partial charge in [-0.15, -0.1) is 11.8 Å². The van der Waals surface area contributed by atoms with Crippen molar-refractivity contribution in [3.63, 3.8) is 0 Å². The molecule has 0 unspecified atom stereocenters. The summed E-state index contributed by atoms with van der Waals surface area (Å²) in [6, 6.07) is 7.53. The molecule has 0 spiro atoms. The van der Waals surface area contributed by atoms with Crippen molar-refractivity contribution in [1.29, 1.82) is 5.26 Å². The molecule has 0 bridgehead atoms. The average Bonchev–Trinajstić information content (AvgIpc) is 3.62. The molecule has 0 radical (unpaired) electrons. The lowest BCUT2D eigenvalue weighted by Gasteiger charge is -2.35. The molecule has 2 amide bonds. The van der Waals surface area contributed by atoms with Crippen LogP contribution in [-0.2, 0) is 16.6 Å². The first kappa shape index (κ1) is 25.9. The molecule has 1 aromatic carbocycles. The highest BCUT2D eigenvalue weighted by atomic mass is 32.2. The highest BCUT2D eigenvalue weighted by molar-refractivity contribution is 7.99. The monoisotopic (exact) mass is 524 g/mol. The SMILES string of the molecule is Cn1c(C2CCN([C@H]3C[C@@H](C(=O)N4CCSC4)N(C(=O)OC(C)(C)C)C3)CC2)nc2cc(C#N)ccc21. The lowest BCUT2D eigenvalue weighted by Crippen LogP contribution is -2.48. The van der Waals surface area contributed by atoms with Gasteiger partial charge in [0.25, 0.3) is 0 Å². The minimum Gasteiger partial charge on any atom is -0.444 e. The molecule has 3 aliphatic heterocycles. The van der Waals surface area contributed by atoms with Crippen LogP contribution in [0.25, 0.3) is 11.0 Å². The van der Waals surface area contributed by atoms with Crippen molar-refractivity contribution in [1.82, 2.24) is 24.3 Å². The number of nitriles is 1. The maximum absolute atomic E-state index is 13.4. The summed E-state index contributed by atoms with van der Waals surface area (Å²) in [6.45, 7) is 8.62.